The van der Waals surface area contributed by atoms with Gasteiger partial charge in [0, 0.05) is 18.9 Å². The highest BCUT2D eigenvalue weighted by Crippen LogP contribution is 2.45. The molecule has 1 aliphatic rings. The minimum atomic E-state index is -0.782. The molecule has 0 fully saturated rings. The van der Waals surface area contributed by atoms with Crippen LogP contribution in [0.4, 0.5) is 4.39 Å². The third-order valence-corrected chi connectivity index (χ3v) is 5.59. The van der Waals surface area contributed by atoms with Crippen molar-refractivity contribution in [3.63, 3.8) is 0 Å². The zero-order valence-corrected chi connectivity index (χ0v) is 16.4. The van der Waals surface area contributed by atoms with Crippen LogP contribution in [-0.2, 0) is 16.0 Å². The molecule has 1 aliphatic carbocycles. The van der Waals surface area contributed by atoms with E-state index in [1.165, 1.54) is 13.2 Å². The zero-order chi connectivity index (χ0) is 19.3. The highest BCUT2D eigenvalue weighted by molar-refractivity contribution is 5.69. The van der Waals surface area contributed by atoms with Gasteiger partial charge in [0.2, 0.25) is 0 Å². The number of halogens is 1. The summed E-state index contributed by atoms with van der Waals surface area (Å²) in [6, 6.07) is 4.96. The smallest absolute Gasteiger partial charge is 0.305 e. The van der Waals surface area contributed by atoms with Crippen molar-refractivity contribution < 1.29 is 19.0 Å². The molecule has 26 heavy (non-hydrogen) atoms. The van der Waals surface area contributed by atoms with E-state index in [4.69, 9.17) is 0 Å². The Bertz CT molecular complexity index is 619. The Kier molecular flexibility index (Phi) is 7.18. The Morgan fingerprint density at radius 1 is 1.42 bits per heavy atom. The Balaban J connectivity index is 2.00. The molecule has 0 radical (unpaired) electrons. The summed E-state index contributed by atoms with van der Waals surface area (Å²) in [5.74, 6) is -0.112. The summed E-state index contributed by atoms with van der Waals surface area (Å²) in [5.41, 5.74) is 1.33. The van der Waals surface area contributed by atoms with Crippen LogP contribution in [0.3, 0.4) is 0 Å². The first-order valence-corrected chi connectivity index (χ1v) is 9.53. The number of aryl methyl sites for hydroxylation is 1. The molecule has 2 rings (SSSR count). The van der Waals surface area contributed by atoms with E-state index in [2.05, 4.69) is 23.5 Å². The van der Waals surface area contributed by atoms with E-state index in [-0.39, 0.29) is 23.6 Å². The number of fused-ring (bicyclic) bond motifs is 1. The van der Waals surface area contributed by atoms with Crippen molar-refractivity contribution in [2.45, 2.75) is 57.5 Å². The second kappa shape index (κ2) is 8.96. The van der Waals surface area contributed by atoms with Gasteiger partial charge in [0.15, 0.2) is 0 Å². The number of ether oxygens (including phenoxy) is 1. The highest BCUT2D eigenvalue weighted by Gasteiger charge is 2.43. The minimum Gasteiger partial charge on any atom is -0.469 e. The third kappa shape index (κ3) is 5.04. The fourth-order valence-electron chi connectivity index (χ4n) is 4.24. The normalized spacial score (nSPS) is 22.5. The lowest BCUT2D eigenvalue weighted by atomic mass is 9.66. The molecule has 0 aliphatic heterocycles. The van der Waals surface area contributed by atoms with Crippen molar-refractivity contribution in [2.24, 2.45) is 5.92 Å². The predicted octanol–water partition coefficient (Wildman–Crippen LogP) is 3.52. The van der Waals surface area contributed by atoms with Crippen molar-refractivity contribution in [2.75, 3.05) is 27.2 Å². The Morgan fingerprint density at radius 2 is 2.15 bits per heavy atom. The maximum absolute atomic E-state index is 13.6. The van der Waals surface area contributed by atoms with Gasteiger partial charge in [0.1, 0.15) is 5.82 Å². The lowest BCUT2D eigenvalue weighted by Crippen LogP contribution is -2.45. The van der Waals surface area contributed by atoms with Crippen LogP contribution in [0.25, 0.3) is 0 Å². The number of nitrogens with zero attached hydrogens (tertiary/aromatic N) is 1. The second-order valence-corrected chi connectivity index (χ2v) is 7.90. The van der Waals surface area contributed by atoms with Crippen molar-refractivity contribution in [3.05, 3.63) is 35.1 Å². The molecule has 1 aromatic carbocycles. The molecule has 1 N–H and O–H groups in total. The lowest BCUT2D eigenvalue weighted by Gasteiger charge is -2.44. The standard InChI is InChI=1S/C21H32FNO3/c1-15(2)20-18-8-7-17(22)14-16(18)9-10-21(20,25)11-13-23(3)12-5-6-19(24)26-4/h7-8,14-15,20,25H,5-6,9-13H2,1-4H3/t20?,21-/m1/s1. The van der Waals surface area contributed by atoms with Crippen LogP contribution in [0.1, 0.15) is 56.6 Å². The van der Waals surface area contributed by atoms with E-state index < -0.39 is 5.60 Å². The van der Waals surface area contributed by atoms with E-state index >= 15 is 0 Å². The van der Waals surface area contributed by atoms with Crippen LogP contribution in [-0.4, -0.2) is 48.8 Å². The van der Waals surface area contributed by atoms with Gasteiger partial charge in [-0.05, 0) is 68.5 Å². The third-order valence-electron chi connectivity index (χ3n) is 5.59. The Hall–Kier alpha value is -1.46. The van der Waals surface area contributed by atoms with Crippen molar-refractivity contribution in [1.82, 2.24) is 4.90 Å². The van der Waals surface area contributed by atoms with Gasteiger partial charge >= 0.3 is 5.97 Å². The van der Waals surface area contributed by atoms with Gasteiger partial charge < -0.3 is 14.7 Å². The molecule has 2 atom stereocenters. The lowest BCUT2D eigenvalue weighted by molar-refractivity contribution is -0.140. The molecule has 0 amide bonds. The topological polar surface area (TPSA) is 49.8 Å². The Morgan fingerprint density at radius 3 is 2.81 bits per heavy atom. The number of carbonyl (C=O) groups excluding carboxylic acids is 1. The largest absolute Gasteiger partial charge is 0.469 e. The predicted molar refractivity (Wildman–Crippen MR) is 101 cm³/mol. The van der Waals surface area contributed by atoms with Gasteiger partial charge in [-0.1, -0.05) is 19.9 Å². The number of methoxy groups -OCH3 is 1. The van der Waals surface area contributed by atoms with Crippen LogP contribution < -0.4 is 0 Å². The van der Waals surface area contributed by atoms with Crippen LogP contribution >= 0.6 is 0 Å². The van der Waals surface area contributed by atoms with E-state index in [0.29, 0.717) is 25.7 Å². The molecule has 0 bridgehead atoms. The fraction of sp³-hybridized carbons (Fsp3) is 0.667. The minimum absolute atomic E-state index is 0.00955. The molecular weight excluding hydrogens is 333 g/mol. The van der Waals surface area contributed by atoms with E-state index in [9.17, 15) is 14.3 Å². The number of hydrogen-bond donors (Lipinski definition) is 1. The summed E-state index contributed by atoms with van der Waals surface area (Å²) in [4.78, 5) is 13.4. The average Bonchev–Trinajstić information content (AvgIpc) is 2.59. The van der Waals surface area contributed by atoms with Gasteiger partial charge in [0.25, 0.3) is 0 Å². The van der Waals surface area contributed by atoms with Crippen LogP contribution in [0, 0.1) is 11.7 Å². The number of hydrogen-bond acceptors (Lipinski definition) is 4. The number of benzene rings is 1. The average molecular weight is 365 g/mol. The zero-order valence-electron chi connectivity index (χ0n) is 16.4. The summed E-state index contributed by atoms with van der Waals surface area (Å²) in [6.07, 6.45) is 3.19. The SMILES string of the molecule is COC(=O)CCCN(C)CC[C@]1(O)CCc2cc(F)ccc2C1C(C)C. The molecule has 1 unspecified atom stereocenters. The summed E-state index contributed by atoms with van der Waals surface area (Å²) < 4.78 is 18.2. The summed E-state index contributed by atoms with van der Waals surface area (Å²) in [5, 5.41) is 11.4. The summed E-state index contributed by atoms with van der Waals surface area (Å²) >= 11 is 0. The number of aliphatic hydroxyl groups is 1. The number of esters is 1. The second-order valence-electron chi connectivity index (χ2n) is 7.90. The van der Waals surface area contributed by atoms with Crippen LogP contribution in [0.5, 0.6) is 0 Å². The molecule has 0 heterocycles. The van der Waals surface area contributed by atoms with Gasteiger partial charge in [-0.2, -0.15) is 0 Å². The summed E-state index contributed by atoms with van der Waals surface area (Å²) in [7, 11) is 3.41. The Labute approximate surface area is 156 Å². The van der Waals surface area contributed by atoms with Crippen molar-refractivity contribution in [3.8, 4) is 0 Å². The van der Waals surface area contributed by atoms with E-state index in [1.807, 2.05) is 13.1 Å². The maximum Gasteiger partial charge on any atom is 0.305 e. The van der Waals surface area contributed by atoms with E-state index in [1.54, 1.807) is 6.07 Å². The first kappa shape index (κ1) is 20.8. The van der Waals surface area contributed by atoms with Gasteiger partial charge in [0.05, 0.1) is 12.7 Å². The molecule has 1 aromatic rings. The van der Waals surface area contributed by atoms with E-state index in [0.717, 1.165) is 30.6 Å². The van der Waals surface area contributed by atoms with Crippen LogP contribution in [0.15, 0.2) is 18.2 Å². The first-order chi connectivity index (χ1) is 12.3. The van der Waals surface area contributed by atoms with Crippen molar-refractivity contribution >= 4 is 5.97 Å². The van der Waals surface area contributed by atoms with Crippen molar-refractivity contribution in [1.29, 1.82) is 0 Å². The fourth-order valence-corrected chi connectivity index (χ4v) is 4.24. The first-order valence-electron chi connectivity index (χ1n) is 9.53. The molecule has 0 saturated heterocycles. The number of carbonyl (C=O) groups is 1. The quantitative estimate of drug-likeness (QED) is 0.716. The molecule has 0 spiro atoms. The van der Waals surface area contributed by atoms with Gasteiger partial charge in [-0.15, -0.1) is 0 Å². The molecule has 4 nitrogen and oxygen atoms in total. The molecule has 5 heteroatoms. The monoisotopic (exact) mass is 365 g/mol. The highest BCUT2D eigenvalue weighted by atomic mass is 19.1. The summed E-state index contributed by atoms with van der Waals surface area (Å²) in [6.45, 7) is 5.79. The molecule has 146 valence electrons. The molecule has 0 saturated carbocycles. The number of rotatable bonds is 8. The van der Waals surface area contributed by atoms with Crippen LogP contribution in [0.2, 0.25) is 0 Å². The van der Waals surface area contributed by atoms with Gasteiger partial charge in [-0.3, -0.25) is 4.79 Å². The molecular formula is C21H32FNO3. The molecule has 0 aromatic heterocycles. The maximum atomic E-state index is 13.6. The van der Waals surface area contributed by atoms with Gasteiger partial charge in [-0.25, -0.2) is 4.39 Å².